The van der Waals surface area contributed by atoms with Gasteiger partial charge in [-0.15, -0.1) is 0 Å². The fraction of sp³-hybridized carbons (Fsp3) is 0.455. The van der Waals surface area contributed by atoms with E-state index in [0.29, 0.717) is 12.2 Å². The molecule has 1 aliphatic heterocycles. The maximum Gasteiger partial charge on any atom is 0.272 e. The molecule has 15 heavy (non-hydrogen) atoms. The number of carbonyl (C=O) groups excluding carboxylic acids is 1. The first-order valence-corrected chi connectivity index (χ1v) is 5.25. The number of pyridine rings is 1. The summed E-state index contributed by atoms with van der Waals surface area (Å²) in [6, 6.07) is 3.61. The molecule has 0 saturated carbocycles. The second-order valence-corrected chi connectivity index (χ2v) is 3.76. The minimum Gasteiger partial charge on any atom is -0.337 e. The van der Waals surface area contributed by atoms with Crippen LogP contribution in [0.1, 0.15) is 28.9 Å². The molecule has 0 atom stereocenters. The number of carbonyl (C=O) groups is 1. The number of hydrogen-bond donors (Lipinski definition) is 1. The van der Waals surface area contributed by atoms with Gasteiger partial charge < -0.3 is 10.6 Å². The third-order valence-electron chi connectivity index (χ3n) is 2.67. The first-order chi connectivity index (χ1) is 7.31. The van der Waals surface area contributed by atoms with Crippen molar-refractivity contribution in [2.45, 2.75) is 19.4 Å². The third-order valence-corrected chi connectivity index (χ3v) is 2.67. The summed E-state index contributed by atoms with van der Waals surface area (Å²) in [6.45, 7) is 2.18. The number of nitrogens with two attached hydrogens (primary N) is 1. The Morgan fingerprint density at radius 2 is 2.13 bits per heavy atom. The van der Waals surface area contributed by atoms with Crippen LogP contribution in [0.25, 0.3) is 0 Å². The van der Waals surface area contributed by atoms with E-state index in [-0.39, 0.29) is 5.91 Å². The van der Waals surface area contributed by atoms with Gasteiger partial charge in [-0.05, 0) is 24.5 Å². The Bertz CT molecular complexity index is 341. The van der Waals surface area contributed by atoms with E-state index >= 15 is 0 Å². The number of likely N-dealkylation sites (tertiary alicyclic amines) is 1. The van der Waals surface area contributed by atoms with Gasteiger partial charge in [-0.2, -0.15) is 0 Å². The van der Waals surface area contributed by atoms with Gasteiger partial charge in [-0.1, -0.05) is 6.07 Å². The van der Waals surface area contributed by atoms with Crippen LogP contribution in [0.2, 0.25) is 0 Å². The van der Waals surface area contributed by atoms with Crippen molar-refractivity contribution in [1.82, 2.24) is 9.88 Å². The van der Waals surface area contributed by atoms with Crippen molar-refractivity contribution < 1.29 is 4.79 Å². The molecule has 80 valence electrons. The quantitative estimate of drug-likeness (QED) is 0.776. The molecular weight excluding hydrogens is 190 g/mol. The van der Waals surface area contributed by atoms with Crippen molar-refractivity contribution in [3.8, 4) is 0 Å². The largest absolute Gasteiger partial charge is 0.337 e. The monoisotopic (exact) mass is 205 g/mol. The first kappa shape index (κ1) is 10.1. The van der Waals surface area contributed by atoms with E-state index in [9.17, 15) is 4.79 Å². The molecule has 0 aromatic carbocycles. The van der Waals surface area contributed by atoms with Gasteiger partial charge in [0, 0.05) is 25.8 Å². The van der Waals surface area contributed by atoms with Crippen LogP contribution in [0.3, 0.4) is 0 Å². The lowest BCUT2D eigenvalue weighted by Crippen LogP contribution is -2.28. The fourth-order valence-electron chi connectivity index (χ4n) is 1.75. The van der Waals surface area contributed by atoms with Gasteiger partial charge in [0.2, 0.25) is 0 Å². The van der Waals surface area contributed by atoms with Gasteiger partial charge in [-0.3, -0.25) is 9.78 Å². The van der Waals surface area contributed by atoms with Crippen LogP contribution in [0, 0.1) is 0 Å². The van der Waals surface area contributed by atoms with Crippen LogP contribution >= 0.6 is 0 Å². The van der Waals surface area contributed by atoms with Gasteiger partial charge in [0.25, 0.3) is 5.91 Å². The fourth-order valence-corrected chi connectivity index (χ4v) is 1.75. The van der Waals surface area contributed by atoms with Gasteiger partial charge >= 0.3 is 0 Å². The Hall–Kier alpha value is -1.42. The summed E-state index contributed by atoms with van der Waals surface area (Å²) in [5, 5.41) is 0. The Kier molecular flexibility index (Phi) is 2.97. The lowest BCUT2D eigenvalue weighted by molar-refractivity contribution is 0.0787. The Balaban J connectivity index is 2.11. The molecule has 1 fully saturated rings. The van der Waals surface area contributed by atoms with E-state index in [1.165, 1.54) is 0 Å². The van der Waals surface area contributed by atoms with Gasteiger partial charge in [-0.25, -0.2) is 0 Å². The molecule has 0 bridgehead atoms. The number of amides is 1. The van der Waals surface area contributed by atoms with Crippen molar-refractivity contribution in [3.05, 3.63) is 29.6 Å². The summed E-state index contributed by atoms with van der Waals surface area (Å²) < 4.78 is 0. The first-order valence-electron chi connectivity index (χ1n) is 5.25. The SMILES string of the molecule is NCc1ccc(C(=O)N2CCCC2)nc1. The summed E-state index contributed by atoms with van der Waals surface area (Å²) in [5.41, 5.74) is 6.94. The van der Waals surface area contributed by atoms with Crippen molar-refractivity contribution in [3.63, 3.8) is 0 Å². The summed E-state index contributed by atoms with van der Waals surface area (Å²) >= 11 is 0. The molecule has 0 radical (unpaired) electrons. The van der Waals surface area contributed by atoms with E-state index in [4.69, 9.17) is 5.73 Å². The Morgan fingerprint density at radius 1 is 1.40 bits per heavy atom. The second-order valence-electron chi connectivity index (χ2n) is 3.76. The molecule has 2 rings (SSSR count). The molecule has 1 aromatic rings. The number of rotatable bonds is 2. The molecule has 0 aliphatic carbocycles. The predicted octanol–water partition coefficient (Wildman–Crippen LogP) is 0.776. The maximum atomic E-state index is 11.9. The summed E-state index contributed by atoms with van der Waals surface area (Å²) in [6.07, 6.45) is 3.88. The smallest absolute Gasteiger partial charge is 0.272 e. The van der Waals surface area contributed by atoms with Crippen molar-refractivity contribution in [2.75, 3.05) is 13.1 Å². The molecule has 1 aromatic heterocycles. The molecule has 2 heterocycles. The number of hydrogen-bond acceptors (Lipinski definition) is 3. The van der Waals surface area contributed by atoms with Crippen LogP contribution in [0.4, 0.5) is 0 Å². The van der Waals surface area contributed by atoms with Gasteiger partial charge in [0.1, 0.15) is 5.69 Å². The molecular formula is C11H15N3O. The minimum atomic E-state index is 0.0380. The summed E-state index contributed by atoms with van der Waals surface area (Å²) in [4.78, 5) is 17.9. The zero-order valence-electron chi connectivity index (χ0n) is 8.65. The van der Waals surface area contributed by atoms with Crippen LogP contribution in [-0.4, -0.2) is 28.9 Å². The van der Waals surface area contributed by atoms with Crippen LogP contribution in [-0.2, 0) is 6.54 Å². The van der Waals surface area contributed by atoms with Crippen LogP contribution in [0.5, 0.6) is 0 Å². The van der Waals surface area contributed by atoms with E-state index in [0.717, 1.165) is 31.5 Å². The molecule has 0 unspecified atom stereocenters. The van der Waals surface area contributed by atoms with E-state index in [1.54, 1.807) is 12.3 Å². The third kappa shape index (κ3) is 2.15. The lowest BCUT2D eigenvalue weighted by atomic mass is 10.2. The van der Waals surface area contributed by atoms with Crippen molar-refractivity contribution >= 4 is 5.91 Å². The lowest BCUT2D eigenvalue weighted by Gasteiger charge is -2.14. The average molecular weight is 205 g/mol. The van der Waals surface area contributed by atoms with Gasteiger partial charge in [0.15, 0.2) is 0 Å². The minimum absolute atomic E-state index is 0.0380. The zero-order valence-corrected chi connectivity index (χ0v) is 8.65. The Labute approximate surface area is 89.1 Å². The summed E-state index contributed by atoms with van der Waals surface area (Å²) in [7, 11) is 0. The van der Waals surface area contributed by atoms with Crippen LogP contribution in [0.15, 0.2) is 18.3 Å². The highest BCUT2D eigenvalue weighted by Crippen LogP contribution is 2.11. The number of aromatic nitrogens is 1. The highest BCUT2D eigenvalue weighted by Gasteiger charge is 2.19. The van der Waals surface area contributed by atoms with Crippen molar-refractivity contribution in [1.29, 1.82) is 0 Å². The molecule has 1 aliphatic rings. The van der Waals surface area contributed by atoms with E-state index in [2.05, 4.69) is 4.98 Å². The second kappa shape index (κ2) is 4.40. The predicted molar refractivity (Wildman–Crippen MR) is 57.3 cm³/mol. The van der Waals surface area contributed by atoms with Crippen LogP contribution < -0.4 is 5.73 Å². The molecule has 4 nitrogen and oxygen atoms in total. The number of nitrogens with zero attached hydrogens (tertiary/aromatic N) is 2. The zero-order chi connectivity index (χ0) is 10.7. The molecule has 0 spiro atoms. The average Bonchev–Trinajstić information content (AvgIpc) is 2.82. The highest BCUT2D eigenvalue weighted by atomic mass is 16.2. The van der Waals surface area contributed by atoms with Crippen molar-refractivity contribution in [2.24, 2.45) is 5.73 Å². The summed E-state index contributed by atoms with van der Waals surface area (Å²) in [5.74, 6) is 0.0380. The standard InChI is InChI=1S/C11H15N3O/c12-7-9-3-4-10(13-8-9)11(15)14-5-1-2-6-14/h3-4,8H,1-2,5-7,12H2. The highest BCUT2D eigenvalue weighted by molar-refractivity contribution is 5.92. The molecule has 1 amide bonds. The van der Waals surface area contributed by atoms with E-state index in [1.807, 2.05) is 11.0 Å². The normalized spacial score (nSPS) is 15.7. The molecule has 1 saturated heterocycles. The van der Waals surface area contributed by atoms with Gasteiger partial charge in [0.05, 0.1) is 0 Å². The molecule has 4 heteroatoms. The molecule has 2 N–H and O–H groups in total. The topological polar surface area (TPSA) is 59.2 Å². The maximum absolute atomic E-state index is 11.9. The Morgan fingerprint density at radius 3 is 2.67 bits per heavy atom. The van der Waals surface area contributed by atoms with E-state index < -0.39 is 0 Å².